The fraction of sp³-hybridized carbons (Fsp3) is 0.300. The molecule has 1 aliphatic heterocycles. The molecule has 1 amide bonds. The zero-order chi connectivity index (χ0) is 18.8. The van der Waals surface area contributed by atoms with Crippen LogP contribution in [-0.2, 0) is 6.54 Å². The van der Waals surface area contributed by atoms with E-state index in [1.54, 1.807) is 22.3 Å². The van der Waals surface area contributed by atoms with Crippen molar-refractivity contribution in [2.24, 2.45) is 0 Å². The Morgan fingerprint density at radius 2 is 1.96 bits per heavy atom. The Labute approximate surface area is 161 Å². The number of aromatic nitrogens is 1. The summed E-state index contributed by atoms with van der Waals surface area (Å²) >= 11 is 1.71. The summed E-state index contributed by atoms with van der Waals surface area (Å²) in [4.78, 5) is 21.4. The maximum absolute atomic E-state index is 13.9. The average Bonchev–Trinajstić information content (AvgIpc) is 3.10. The van der Waals surface area contributed by atoms with Crippen LogP contribution in [0.3, 0.4) is 0 Å². The van der Waals surface area contributed by atoms with Crippen molar-refractivity contribution >= 4 is 27.5 Å². The van der Waals surface area contributed by atoms with E-state index in [1.165, 1.54) is 23.9 Å². The molecule has 0 spiro atoms. The van der Waals surface area contributed by atoms with E-state index in [0.717, 1.165) is 30.2 Å². The first-order chi connectivity index (χ1) is 13.1. The third kappa shape index (κ3) is 3.79. The first-order valence-electron chi connectivity index (χ1n) is 8.83. The van der Waals surface area contributed by atoms with Crippen molar-refractivity contribution in [3.63, 3.8) is 0 Å². The summed E-state index contributed by atoms with van der Waals surface area (Å²) in [5, 5.41) is 1.09. The number of hydrogen-bond acceptors (Lipinski definition) is 5. The number of hydrogen-bond donors (Lipinski definition) is 0. The van der Waals surface area contributed by atoms with Gasteiger partial charge < -0.3 is 9.64 Å². The Hall–Kier alpha value is -2.51. The largest absolute Gasteiger partial charge is 0.494 e. The van der Waals surface area contributed by atoms with Gasteiger partial charge in [0.25, 0.3) is 5.91 Å². The average molecular weight is 385 g/mol. The number of halogens is 1. The minimum absolute atomic E-state index is 0.142. The highest BCUT2D eigenvalue weighted by molar-refractivity contribution is 7.18. The van der Waals surface area contributed by atoms with E-state index >= 15 is 0 Å². The normalized spacial score (nSPS) is 15.3. The van der Waals surface area contributed by atoms with Crippen LogP contribution in [0, 0.1) is 5.82 Å². The monoisotopic (exact) mass is 385 g/mol. The van der Waals surface area contributed by atoms with Crippen molar-refractivity contribution in [3.05, 3.63) is 58.9 Å². The number of para-hydroxylation sites is 1. The third-order valence-electron chi connectivity index (χ3n) is 4.76. The molecule has 7 heteroatoms. The van der Waals surface area contributed by atoms with Gasteiger partial charge >= 0.3 is 0 Å². The molecular formula is C20H20FN3O2S. The summed E-state index contributed by atoms with van der Waals surface area (Å²) in [6.45, 7) is 3.59. The van der Waals surface area contributed by atoms with E-state index in [1.807, 2.05) is 18.2 Å². The maximum atomic E-state index is 13.9. The van der Waals surface area contributed by atoms with Crippen molar-refractivity contribution < 1.29 is 13.9 Å². The van der Waals surface area contributed by atoms with Crippen molar-refractivity contribution in [3.8, 4) is 5.75 Å². The van der Waals surface area contributed by atoms with Crippen molar-refractivity contribution in [2.75, 3.05) is 33.3 Å². The summed E-state index contributed by atoms with van der Waals surface area (Å²) in [6.07, 6.45) is 0. The lowest BCUT2D eigenvalue weighted by atomic mass is 10.1. The molecule has 1 aromatic heterocycles. The second-order valence-electron chi connectivity index (χ2n) is 6.49. The summed E-state index contributed by atoms with van der Waals surface area (Å²) < 4.78 is 20.0. The first-order valence-corrected chi connectivity index (χ1v) is 9.65. The predicted octanol–water partition coefficient (Wildman–Crippen LogP) is 3.40. The number of ether oxygens (including phenoxy) is 1. The molecule has 4 rings (SSSR count). The van der Waals surface area contributed by atoms with E-state index < -0.39 is 5.82 Å². The van der Waals surface area contributed by atoms with Crippen LogP contribution in [0.1, 0.15) is 15.4 Å². The highest BCUT2D eigenvalue weighted by Gasteiger charge is 2.23. The minimum atomic E-state index is -0.516. The number of benzene rings is 2. The lowest BCUT2D eigenvalue weighted by molar-refractivity contribution is 0.0628. The molecule has 0 bridgehead atoms. The number of carbonyl (C=O) groups excluding carboxylic acids is 1. The van der Waals surface area contributed by atoms with E-state index in [2.05, 4.69) is 16.0 Å². The van der Waals surface area contributed by atoms with E-state index in [0.29, 0.717) is 18.7 Å². The topological polar surface area (TPSA) is 45.7 Å². The molecule has 0 N–H and O–H groups in total. The summed E-state index contributed by atoms with van der Waals surface area (Å²) in [5.74, 6) is -0.513. The third-order valence-corrected chi connectivity index (χ3v) is 5.78. The van der Waals surface area contributed by atoms with E-state index in [-0.39, 0.29) is 11.7 Å². The molecular weight excluding hydrogens is 365 g/mol. The van der Waals surface area contributed by atoms with Crippen molar-refractivity contribution in [1.82, 2.24) is 14.8 Å². The zero-order valence-corrected chi connectivity index (χ0v) is 15.8. The summed E-state index contributed by atoms with van der Waals surface area (Å²) in [5.41, 5.74) is 1.39. The van der Waals surface area contributed by atoms with Crippen LogP contribution in [0.2, 0.25) is 0 Å². The van der Waals surface area contributed by atoms with Crippen LogP contribution >= 0.6 is 11.3 Å². The number of piperazine rings is 1. The molecule has 1 fully saturated rings. The Morgan fingerprint density at radius 1 is 1.19 bits per heavy atom. The molecule has 3 aromatic rings. The molecule has 0 aliphatic carbocycles. The van der Waals surface area contributed by atoms with Crippen molar-refractivity contribution in [1.29, 1.82) is 0 Å². The standard InChI is InChI=1S/C20H20FN3O2S/c1-26-17-7-6-14(12-15(17)21)20(25)24-10-8-23(9-11-24)13-19-22-16-4-2-3-5-18(16)27-19/h2-7,12H,8-11,13H2,1H3. The number of rotatable bonds is 4. The van der Waals surface area contributed by atoms with Gasteiger partial charge in [-0.05, 0) is 30.3 Å². The lowest BCUT2D eigenvalue weighted by Gasteiger charge is -2.34. The van der Waals surface area contributed by atoms with Gasteiger partial charge in [0.2, 0.25) is 0 Å². The quantitative estimate of drug-likeness (QED) is 0.691. The fourth-order valence-electron chi connectivity index (χ4n) is 3.27. The SMILES string of the molecule is COc1ccc(C(=O)N2CCN(Cc3nc4ccccc4s3)CC2)cc1F. The number of thiazole rings is 1. The highest BCUT2D eigenvalue weighted by atomic mass is 32.1. The van der Waals surface area contributed by atoms with Gasteiger partial charge in [0.15, 0.2) is 11.6 Å². The second kappa shape index (κ2) is 7.62. The summed E-state index contributed by atoms with van der Waals surface area (Å²) in [7, 11) is 1.41. The van der Waals surface area contributed by atoms with Crippen LogP contribution in [-0.4, -0.2) is 54.0 Å². The van der Waals surface area contributed by atoms with Crippen LogP contribution < -0.4 is 4.74 Å². The Bertz CT molecular complexity index is 934. The first kappa shape index (κ1) is 17.9. The molecule has 0 atom stereocenters. The van der Waals surface area contributed by atoms with Gasteiger partial charge in [-0.25, -0.2) is 9.37 Å². The van der Waals surface area contributed by atoms with E-state index in [4.69, 9.17) is 4.74 Å². The maximum Gasteiger partial charge on any atom is 0.254 e. The molecule has 0 radical (unpaired) electrons. The minimum Gasteiger partial charge on any atom is -0.494 e. The molecule has 27 heavy (non-hydrogen) atoms. The van der Waals surface area contributed by atoms with Gasteiger partial charge in [0, 0.05) is 31.7 Å². The van der Waals surface area contributed by atoms with E-state index in [9.17, 15) is 9.18 Å². The zero-order valence-electron chi connectivity index (χ0n) is 15.0. The molecule has 5 nitrogen and oxygen atoms in total. The molecule has 1 saturated heterocycles. The van der Waals surface area contributed by atoms with Crippen LogP contribution in [0.5, 0.6) is 5.75 Å². The fourth-order valence-corrected chi connectivity index (χ4v) is 4.28. The highest BCUT2D eigenvalue weighted by Crippen LogP contribution is 2.23. The van der Waals surface area contributed by atoms with Crippen LogP contribution in [0.4, 0.5) is 4.39 Å². The smallest absolute Gasteiger partial charge is 0.254 e. The Balaban J connectivity index is 1.36. The number of nitrogens with zero attached hydrogens (tertiary/aromatic N) is 3. The molecule has 2 aromatic carbocycles. The van der Waals surface area contributed by atoms with Crippen LogP contribution in [0.15, 0.2) is 42.5 Å². The van der Waals surface area contributed by atoms with Gasteiger partial charge in [0.1, 0.15) is 5.01 Å². The van der Waals surface area contributed by atoms with Gasteiger partial charge in [-0.2, -0.15) is 0 Å². The second-order valence-corrected chi connectivity index (χ2v) is 7.61. The Kier molecular flexibility index (Phi) is 5.05. The molecule has 140 valence electrons. The van der Waals surface area contributed by atoms with Crippen LogP contribution in [0.25, 0.3) is 10.2 Å². The number of carbonyl (C=O) groups is 1. The Morgan fingerprint density at radius 3 is 2.67 bits per heavy atom. The molecule has 0 unspecified atom stereocenters. The van der Waals surface area contributed by atoms with Gasteiger partial charge in [-0.3, -0.25) is 9.69 Å². The predicted molar refractivity (Wildman–Crippen MR) is 104 cm³/mol. The summed E-state index contributed by atoms with van der Waals surface area (Å²) in [6, 6.07) is 12.5. The number of fused-ring (bicyclic) bond motifs is 1. The van der Waals surface area contributed by atoms with Crippen molar-refractivity contribution in [2.45, 2.75) is 6.54 Å². The number of amides is 1. The van der Waals surface area contributed by atoms with Gasteiger partial charge in [0.05, 0.1) is 23.9 Å². The molecule has 0 saturated carbocycles. The molecule has 2 heterocycles. The van der Waals surface area contributed by atoms with Gasteiger partial charge in [-0.15, -0.1) is 11.3 Å². The molecule has 1 aliphatic rings. The lowest BCUT2D eigenvalue weighted by Crippen LogP contribution is -2.48. The van der Waals surface area contributed by atoms with Gasteiger partial charge in [-0.1, -0.05) is 12.1 Å². The number of methoxy groups -OCH3 is 1.